The molecule has 0 fully saturated rings. The number of carbonyl (C=O) groups is 2. The second-order valence-corrected chi connectivity index (χ2v) is 3.32. The van der Waals surface area contributed by atoms with Crippen LogP contribution in [0.3, 0.4) is 0 Å². The number of esters is 1. The number of rotatable bonds is 3. The molecule has 0 saturated carbocycles. The molecule has 5 nitrogen and oxygen atoms in total. The maximum Gasteiger partial charge on any atom is 0.325 e. The van der Waals surface area contributed by atoms with Gasteiger partial charge in [0.1, 0.15) is 6.54 Å². The first-order chi connectivity index (χ1) is 7.56. The Morgan fingerprint density at radius 3 is 2.56 bits per heavy atom. The zero-order valence-electron chi connectivity index (χ0n) is 9.27. The molecular weight excluding hydrogens is 208 g/mol. The van der Waals surface area contributed by atoms with E-state index in [0.717, 1.165) is 0 Å². The van der Waals surface area contributed by atoms with E-state index in [4.69, 9.17) is 5.73 Å². The Morgan fingerprint density at radius 2 is 2.00 bits per heavy atom. The van der Waals surface area contributed by atoms with Crippen LogP contribution in [0.15, 0.2) is 24.3 Å². The fourth-order valence-electron chi connectivity index (χ4n) is 1.23. The molecule has 0 aromatic heterocycles. The minimum atomic E-state index is -0.467. The lowest BCUT2D eigenvalue weighted by molar-refractivity contribution is -0.141. The normalized spacial score (nSPS) is 9.62. The molecule has 1 amide bonds. The maximum absolute atomic E-state index is 11.9. The predicted octanol–water partition coefficient (Wildman–Crippen LogP) is 0.514. The number of methoxy groups -OCH3 is 1. The summed E-state index contributed by atoms with van der Waals surface area (Å²) in [5.74, 6) is -0.770. The van der Waals surface area contributed by atoms with Gasteiger partial charge in [-0.3, -0.25) is 9.59 Å². The minimum Gasteiger partial charge on any atom is -0.468 e. The summed E-state index contributed by atoms with van der Waals surface area (Å²) in [7, 11) is 2.79. The fourth-order valence-corrected chi connectivity index (χ4v) is 1.23. The molecule has 0 aliphatic carbocycles. The number of hydrogen-bond donors (Lipinski definition) is 1. The Labute approximate surface area is 93.8 Å². The molecule has 0 aliphatic heterocycles. The van der Waals surface area contributed by atoms with Crippen LogP contribution in [0.25, 0.3) is 0 Å². The second kappa shape index (κ2) is 5.16. The highest BCUT2D eigenvalue weighted by molar-refractivity contribution is 6.00. The summed E-state index contributed by atoms with van der Waals surface area (Å²) in [4.78, 5) is 24.1. The van der Waals surface area contributed by atoms with Gasteiger partial charge in [0.15, 0.2) is 0 Å². The van der Waals surface area contributed by atoms with Crippen LogP contribution in [0.5, 0.6) is 0 Å². The van der Waals surface area contributed by atoms with Gasteiger partial charge in [-0.05, 0) is 12.1 Å². The average molecular weight is 222 g/mol. The van der Waals surface area contributed by atoms with Crippen molar-refractivity contribution in [2.75, 3.05) is 26.4 Å². The minimum absolute atomic E-state index is 0.0936. The van der Waals surface area contributed by atoms with Gasteiger partial charge in [-0.2, -0.15) is 0 Å². The lowest BCUT2D eigenvalue weighted by Crippen LogP contribution is -2.33. The molecule has 5 heteroatoms. The van der Waals surface area contributed by atoms with E-state index in [1.165, 1.54) is 19.1 Å². The van der Waals surface area contributed by atoms with Gasteiger partial charge in [-0.25, -0.2) is 0 Å². The smallest absolute Gasteiger partial charge is 0.325 e. The van der Waals surface area contributed by atoms with Gasteiger partial charge in [0.25, 0.3) is 5.91 Å². The van der Waals surface area contributed by atoms with Gasteiger partial charge in [0, 0.05) is 12.7 Å². The molecule has 0 bridgehead atoms. The van der Waals surface area contributed by atoms with Crippen LogP contribution in [0.2, 0.25) is 0 Å². The summed E-state index contributed by atoms with van der Waals surface area (Å²) in [5.41, 5.74) is 6.43. The molecule has 1 aromatic carbocycles. The molecule has 86 valence electrons. The van der Waals surface area contributed by atoms with E-state index in [0.29, 0.717) is 11.3 Å². The number of ether oxygens (including phenoxy) is 1. The number of benzene rings is 1. The van der Waals surface area contributed by atoms with Crippen molar-refractivity contribution in [3.05, 3.63) is 29.8 Å². The van der Waals surface area contributed by atoms with Crippen molar-refractivity contribution in [3.63, 3.8) is 0 Å². The summed E-state index contributed by atoms with van der Waals surface area (Å²) >= 11 is 0. The van der Waals surface area contributed by atoms with Gasteiger partial charge in [0.2, 0.25) is 0 Å². The van der Waals surface area contributed by atoms with Gasteiger partial charge < -0.3 is 15.4 Å². The SMILES string of the molecule is COC(=O)CN(C)C(=O)c1ccccc1N. The third kappa shape index (κ3) is 2.73. The highest BCUT2D eigenvalue weighted by atomic mass is 16.5. The molecule has 0 saturated heterocycles. The number of para-hydroxylation sites is 1. The van der Waals surface area contributed by atoms with Crippen LogP contribution in [-0.2, 0) is 9.53 Å². The molecular formula is C11H14N2O3. The fraction of sp³-hybridized carbons (Fsp3) is 0.273. The number of nitrogens with zero attached hydrogens (tertiary/aromatic N) is 1. The molecule has 0 heterocycles. The third-order valence-corrected chi connectivity index (χ3v) is 2.13. The molecule has 0 radical (unpaired) electrons. The Balaban J connectivity index is 2.79. The van der Waals surface area contributed by atoms with E-state index in [1.54, 1.807) is 24.3 Å². The number of nitrogen functional groups attached to an aromatic ring is 1. The molecule has 0 atom stereocenters. The van der Waals surface area contributed by atoms with Crippen LogP contribution in [-0.4, -0.2) is 37.5 Å². The van der Waals surface area contributed by atoms with Crippen molar-refractivity contribution in [3.8, 4) is 0 Å². The van der Waals surface area contributed by atoms with Crippen molar-refractivity contribution in [1.82, 2.24) is 4.90 Å². The van der Waals surface area contributed by atoms with Crippen LogP contribution in [0.4, 0.5) is 5.69 Å². The van der Waals surface area contributed by atoms with E-state index in [9.17, 15) is 9.59 Å². The molecule has 16 heavy (non-hydrogen) atoms. The second-order valence-electron chi connectivity index (χ2n) is 3.32. The first kappa shape index (κ1) is 12.0. The summed E-state index contributed by atoms with van der Waals surface area (Å²) in [6.07, 6.45) is 0. The van der Waals surface area contributed by atoms with Crippen LogP contribution < -0.4 is 5.73 Å². The summed E-state index contributed by atoms with van der Waals surface area (Å²) in [5, 5.41) is 0. The number of anilines is 1. The average Bonchev–Trinajstić information content (AvgIpc) is 2.28. The number of amides is 1. The van der Waals surface area contributed by atoms with Crippen molar-refractivity contribution in [1.29, 1.82) is 0 Å². The van der Waals surface area contributed by atoms with Gasteiger partial charge in [-0.15, -0.1) is 0 Å². The topological polar surface area (TPSA) is 72.6 Å². The lowest BCUT2D eigenvalue weighted by atomic mass is 10.1. The van der Waals surface area contributed by atoms with Gasteiger partial charge in [-0.1, -0.05) is 12.1 Å². The Hall–Kier alpha value is -2.04. The van der Waals surface area contributed by atoms with Crippen LogP contribution in [0, 0.1) is 0 Å². The standard InChI is InChI=1S/C11H14N2O3/c1-13(7-10(14)16-2)11(15)8-5-3-4-6-9(8)12/h3-6H,7,12H2,1-2H3. The lowest BCUT2D eigenvalue weighted by Gasteiger charge is -2.16. The molecule has 0 unspecified atom stereocenters. The van der Waals surface area contributed by atoms with Crippen molar-refractivity contribution in [2.45, 2.75) is 0 Å². The molecule has 1 rings (SSSR count). The highest BCUT2D eigenvalue weighted by Gasteiger charge is 2.16. The van der Waals surface area contributed by atoms with E-state index in [2.05, 4.69) is 4.74 Å². The monoisotopic (exact) mass is 222 g/mol. The van der Waals surface area contributed by atoms with E-state index in [-0.39, 0.29) is 12.5 Å². The van der Waals surface area contributed by atoms with Gasteiger partial charge >= 0.3 is 5.97 Å². The number of carbonyl (C=O) groups excluding carboxylic acids is 2. The summed E-state index contributed by atoms with van der Waals surface area (Å²) in [6, 6.07) is 6.71. The Bertz CT molecular complexity index is 404. The van der Waals surface area contributed by atoms with Crippen LogP contribution in [0.1, 0.15) is 10.4 Å². The van der Waals surface area contributed by atoms with Crippen LogP contribution >= 0.6 is 0 Å². The Kier molecular flexibility index (Phi) is 3.88. The molecule has 2 N–H and O–H groups in total. The Morgan fingerprint density at radius 1 is 1.38 bits per heavy atom. The van der Waals surface area contributed by atoms with E-state index in [1.807, 2.05) is 0 Å². The maximum atomic E-state index is 11.9. The van der Waals surface area contributed by atoms with E-state index >= 15 is 0 Å². The van der Waals surface area contributed by atoms with Crippen molar-refractivity contribution < 1.29 is 14.3 Å². The highest BCUT2D eigenvalue weighted by Crippen LogP contribution is 2.12. The number of likely N-dealkylation sites (N-methyl/N-ethyl adjacent to an activating group) is 1. The zero-order chi connectivity index (χ0) is 12.1. The van der Waals surface area contributed by atoms with Crippen molar-refractivity contribution in [2.24, 2.45) is 0 Å². The van der Waals surface area contributed by atoms with Crippen molar-refractivity contribution >= 4 is 17.6 Å². The third-order valence-electron chi connectivity index (χ3n) is 2.13. The first-order valence-electron chi connectivity index (χ1n) is 4.73. The summed E-state index contributed by atoms with van der Waals surface area (Å²) < 4.78 is 4.47. The molecule has 0 aliphatic rings. The molecule has 0 spiro atoms. The largest absolute Gasteiger partial charge is 0.468 e. The number of nitrogens with two attached hydrogens (primary N) is 1. The first-order valence-corrected chi connectivity index (χ1v) is 4.73. The van der Waals surface area contributed by atoms with Gasteiger partial charge in [0.05, 0.1) is 12.7 Å². The molecule has 1 aromatic rings. The zero-order valence-corrected chi connectivity index (χ0v) is 9.27. The number of hydrogen-bond acceptors (Lipinski definition) is 4. The van der Waals surface area contributed by atoms with E-state index < -0.39 is 5.97 Å². The summed E-state index contributed by atoms with van der Waals surface area (Å²) in [6.45, 7) is -0.0936. The quantitative estimate of drug-likeness (QED) is 0.597. The predicted molar refractivity (Wildman–Crippen MR) is 59.8 cm³/mol.